The van der Waals surface area contributed by atoms with E-state index in [1.807, 2.05) is 12.3 Å². The largest absolute Gasteiger partial charge is 0.502 e. The average Bonchev–Trinajstić information content (AvgIpc) is 2.93. The summed E-state index contributed by atoms with van der Waals surface area (Å²) >= 11 is 1.50. The van der Waals surface area contributed by atoms with Crippen LogP contribution in [0.25, 0.3) is 0 Å². The molecule has 0 aliphatic heterocycles. The number of aryl methyl sites for hydroxylation is 1. The molecule has 8 heteroatoms. The Balaban J connectivity index is 2.01. The fourth-order valence-corrected chi connectivity index (χ4v) is 2.47. The molecule has 2 N–H and O–H groups in total. The summed E-state index contributed by atoms with van der Waals surface area (Å²) in [7, 11) is 2.88. The second kappa shape index (κ2) is 7.59. The molecule has 7 nitrogen and oxygen atoms in total. The number of phenols is 1. The molecule has 0 aliphatic carbocycles. The molecule has 1 aromatic heterocycles. The Bertz CT molecular complexity index is 702. The minimum absolute atomic E-state index is 0.0879. The lowest BCUT2D eigenvalue weighted by atomic mass is 10.2. The first-order valence-electron chi connectivity index (χ1n) is 6.71. The maximum atomic E-state index is 11.8. The summed E-state index contributed by atoms with van der Waals surface area (Å²) in [4.78, 5) is 16.0. The van der Waals surface area contributed by atoms with Crippen molar-refractivity contribution in [2.45, 2.75) is 13.3 Å². The maximum Gasteiger partial charge on any atom is 0.246 e. The second-order valence-corrected chi connectivity index (χ2v) is 5.66. The Kier molecular flexibility index (Phi) is 5.53. The van der Waals surface area contributed by atoms with Crippen molar-refractivity contribution in [1.82, 2.24) is 10.4 Å². The zero-order valence-corrected chi connectivity index (χ0v) is 13.8. The van der Waals surface area contributed by atoms with Gasteiger partial charge in [-0.1, -0.05) is 0 Å². The first-order valence-corrected chi connectivity index (χ1v) is 7.59. The van der Waals surface area contributed by atoms with Gasteiger partial charge in [-0.15, -0.1) is 11.3 Å². The number of amides is 1. The van der Waals surface area contributed by atoms with Gasteiger partial charge in [0.1, 0.15) is 0 Å². The van der Waals surface area contributed by atoms with Gasteiger partial charge in [-0.05, 0) is 19.1 Å². The van der Waals surface area contributed by atoms with E-state index in [0.717, 1.165) is 5.01 Å². The number of nitrogens with zero attached hydrogens (tertiary/aromatic N) is 2. The number of hydrogen-bond acceptors (Lipinski definition) is 7. The van der Waals surface area contributed by atoms with Crippen LogP contribution in [-0.4, -0.2) is 36.4 Å². The zero-order chi connectivity index (χ0) is 16.8. The van der Waals surface area contributed by atoms with Crippen molar-refractivity contribution in [3.05, 3.63) is 33.8 Å². The molecule has 0 saturated heterocycles. The van der Waals surface area contributed by atoms with Crippen molar-refractivity contribution >= 4 is 23.5 Å². The van der Waals surface area contributed by atoms with Crippen LogP contribution in [0.15, 0.2) is 22.6 Å². The fraction of sp³-hybridized carbons (Fsp3) is 0.267. The Labute approximate surface area is 137 Å². The highest BCUT2D eigenvalue weighted by Crippen LogP contribution is 2.36. The van der Waals surface area contributed by atoms with Crippen LogP contribution < -0.4 is 14.9 Å². The van der Waals surface area contributed by atoms with Crippen molar-refractivity contribution in [2.24, 2.45) is 5.10 Å². The molecule has 122 valence electrons. The van der Waals surface area contributed by atoms with Crippen LogP contribution in [0, 0.1) is 6.92 Å². The van der Waals surface area contributed by atoms with E-state index in [1.165, 1.54) is 31.8 Å². The molecule has 1 heterocycles. The molecule has 0 bridgehead atoms. The van der Waals surface area contributed by atoms with Gasteiger partial charge in [0.15, 0.2) is 11.5 Å². The molecule has 0 saturated carbocycles. The summed E-state index contributed by atoms with van der Waals surface area (Å²) in [5.41, 5.74) is 3.76. The number of carbonyl (C=O) groups is 1. The summed E-state index contributed by atoms with van der Waals surface area (Å²) in [6.07, 6.45) is 1.61. The Hall–Kier alpha value is -2.61. The molecule has 0 aliphatic rings. The zero-order valence-electron chi connectivity index (χ0n) is 13.0. The van der Waals surface area contributed by atoms with Gasteiger partial charge in [0.05, 0.1) is 37.6 Å². The summed E-state index contributed by atoms with van der Waals surface area (Å²) in [5.74, 6) is 0.171. The number of methoxy groups -OCH3 is 2. The van der Waals surface area contributed by atoms with E-state index in [0.29, 0.717) is 11.3 Å². The number of thiazole rings is 1. The van der Waals surface area contributed by atoms with Crippen LogP contribution in [0.4, 0.5) is 0 Å². The molecule has 23 heavy (non-hydrogen) atoms. The van der Waals surface area contributed by atoms with Crippen molar-refractivity contribution in [1.29, 1.82) is 0 Å². The van der Waals surface area contributed by atoms with Crippen LogP contribution in [-0.2, 0) is 11.2 Å². The van der Waals surface area contributed by atoms with Crippen LogP contribution in [0.2, 0.25) is 0 Å². The van der Waals surface area contributed by atoms with Gasteiger partial charge in [0.25, 0.3) is 0 Å². The van der Waals surface area contributed by atoms with E-state index >= 15 is 0 Å². The predicted octanol–water partition coefficient (Wildman–Crippen LogP) is 1.87. The van der Waals surface area contributed by atoms with Gasteiger partial charge in [0.2, 0.25) is 11.7 Å². The third kappa shape index (κ3) is 4.43. The van der Waals surface area contributed by atoms with E-state index in [4.69, 9.17) is 9.47 Å². The van der Waals surface area contributed by atoms with Gasteiger partial charge >= 0.3 is 0 Å². The molecule has 2 aromatic rings. The molecule has 0 unspecified atom stereocenters. The SMILES string of the molecule is COc1cc(/C=N/NC(=O)Cc2csc(C)n2)cc(OC)c1O. The number of aromatic nitrogens is 1. The van der Waals surface area contributed by atoms with Crippen molar-refractivity contribution in [3.8, 4) is 17.2 Å². The number of benzene rings is 1. The van der Waals surface area contributed by atoms with E-state index in [-0.39, 0.29) is 29.6 Å². The highest BCUT2D eigenvalue weighted by Gasteiger charge is 2.10. The number of ether oxygens (including phenoxy) is 2. The molecule has 2 rings (SSSR count). The van der Waals surface area contributed by atoms with E-state index in [2.05, 4.69) is 15.5 Å². The highest BCUT2D eigenvalue weighted by atomic mass is 32.1. The number of hydrogen-bond donors (Lipinski definition) is 2. The first kappa shape index (κ1) is 16.8. The van der Waals surface area contributed by atoms with Crippen LogP contribution >= 0.6 is 11.3 Å². The molecular weight excluding hydrogens is 318 g/mol. The van der Waals surface area contributed by atoms with Crippen LogP contribution in [0.1, 0.15) is 16.3 Å². The number of rotatable bonds is 6. The van der Waals surface area contributed by atoms with Gasteiger partial charge < -0.3 is 14.6 Å². The van der Waals surface area contributed by atoms with E-state index in [9.17, 15) is 9.90 Å². The molecule has 0 radical (unpaired) electrons. The normalized spacial score (nSPS) is 10.7. The molecule has 0 atom stereocenters. The fourth-order valence-electron chi connectivity index (χ4n) is 1.86. The predicted molar refractivity (Wildman–Crippen MR) is 87.5 cm³/mol. The highest BCUT2D eigenvalue weighted by molar-refractivity contribution is 7.09. The number of phenolic OH excluding ortho intramolecular Hbond substituents is 1. The standard InChI is InChI=1S/C15H17N3O4S/c1-9-17-11(8-23-9)6-14(19)18-16-7-10-4-12(21-2)15(20)13(5-10)22-3/h4-5,7-8,20H,6H2,1-3H3,(H,18,19)/b16-7+. The molecule has 1 amide bonds. The van der Waals surface area contributed by atoms with Gasteiger partial charge in [0, 0.05) is 10.9 Å². The quantitative estimate of drug-likeness (QED) is 0.621. The third-order valence-corrected chi connectivity index (χ3v) is 3.74. The minimum Gasteiger partial charge on any atom is -0.502 e. The molecule has 0 spiro atoms. The number of hydrazone groups is 1. The average molecular weight is 335 g/mol. The lowest BCUT2D eigenvalue weighted by molar-refractivity contribution is -0.120. The summed E-state index contributed by atoms with van der Waals surface area (Å²) in [6, 6.07) is 3.16. The summed E-state index contributed by atoms with van der Waals surface area (Å²) in [6.45, 7) is 1.88. The Morgan fingerprint density at radius 2 is 2.04 bits per heavy atom. The molecule has 0 fully saturated rings. The van der Waals surface area contributed by atoms with E-state index < -0.39 is 0 Å². The topological polar surface area (TPSA) is 93.0 Å². The monoisotopic (exact) mass is 335 g/mol. The van der Waals surface area contributed by atoms with Gasteiger partial charge in [-0.25, -0.2) is 10.4 Å². The Morgan fingerprint density at radius 3 is 2.57 bits per heavy atom. The third-order valence-electron chi connectivity index (χ3n) is 2.91. The van der Waals surface area contributed by atoms with Crippen molar-refractivity contribution in [3.63, 3.8) is 0 Å². The van der Waals surface area contributed by atoms with Crippen LogP contribution in [0.3, 0.4) is 0 Å². The van der Waals surface area contributed by atoms with Crippen molar-refractivity contribution < 1.29 is 19.4 Å². The molecule has 1 aromatic carbocycles. The second-order valence-electron chi connectivity index (χ2n) is 4.60. The number of nitrogens with one attached hydrogen (secondary N) is 1. The van der Waals surface area contributed by atoms with E-state index in [1.54, 1.807) is 12.1 Å². The summed E-state index contributed by atoms with van der Waals surface area (Å²) in [5, 5.41) is 16.5. The number of carbonyl (C=O) groups excluding carboxylic acids is 1. The minimum atomic E-state index is -0.260. The smallest absolute Gasteiger partial charge is 0.246 e. The molecular formula is C15H17N3O4S. The van der Waals surface area contributed by atoms with Gasteiger partial charge in [-0.2, -0.15) is 5.10 Å². The number of aromatic hydroxyl groups is 1. The lowest BCUT2D eigenvalue weighted by Gasteiger charge is -2.09. The first-order chi connectivity index (χ1) is 11.0. The maximum absolute atomic E-state index is 11.8. The van der Waals surface area contributed by atoms with Gasteiger partial charge in [-0.3, -0.25) is 4.79 Å². The summed E-state index contributed by atoms with van der Waals surface area (Å²) < 4.78 is 10.1. The lowest BCUT2D eigenvalue weighted by Crippen LogP contribution is -2.19. The Morgan fingerprint density at radius 1 is 1.39 bits per heavy atom. The van der Waals surface area contributed by atoms with Crippen molar-refractivity contribution in [2.75, 3.05) is 14.2 Å². The van der Waals surface area contributed by atoms with Crippen LogP contribution in [0.5, 0.6) is 17.2 Å².